The summed E-state index contributed by atoms with van der Waals surface area (Å²) in [6.07, 6.45) is 7.15. The van der Waals surface area contributed by atoms with Crippen molar-refractivity contribution in [2.45, 2.75) is 52.5 Å². The molecular formula is C25H37FN4. The quantitative estimate of drug-likeness (QED) is 0.671. The second-order valence-electron chi connectivity index (χ2n) is 9.95. The number of likely N-dealkylation sites (tertiary alicyclic amines) is 1. The SMILES string of the molecule is CC1=C[C@@H](CNC2CCN(C)CC2)[C@H](C(C)C)C[C@H]1Cc1nc2ccc(F)cc2[nH]1. The lowest BCUT2D eigenvalue weighted by molar-refractivity contribution is 0.197. The number of halogens is 1. The maximum Gasteiger partial charge on any atom is 0.125 e. The summed E-state index contributed by atoms with van der Waals surface area (Å²) in [4.78, 5) is 10.5. The van der Waals surface area contributed by atoms with Crippen LogP contribution in [0.4, 0.5) is 4.39 Å². The summed E-state index contributed by atoms with van der Waals surface area (Å²) in [5.41, 5.74) is 3.13. The van der Waals surface area contributed by atoms with Crippen LogP contribution in [0.3, 0.4) is 0 Å². The maximum absolute atomic E-state index is 13.5. The van der Waals surface area contributed by atoms with Gasteiger partial charge in [-0.05, 0) is 88.2 Å². The summed E-state index contributed by atoms with van der Waals surface area (Å²) >= 11 is 0. The second-order valence-corrected chi connectivity index (χ2v) is 9.95. The molecule has 2 heterocycles. The van der Waals surface area contributed by atoms with E-state index < -0.39 is 0 Å². The first-order chi connectivity index (χ1) is 14.4. The number of rotatable bonds is 6. The first-order valence-corrected chi connectivity index (χ1v) is 11.6. The average Bonchev–Trinajstić information content (AvgIpc) is 3.10. The van der Waals surface area contributed by atoms with Gasteiger partial charge in [0.15, 0.2) is 0 Å². The Morgan fingerprint density at radius 2 is 2.03 bits per heavy atom. The number of hydrogen-bond acceptors (Lipinski definition) is 3. The topological polar surface area (TPSA) is 44.0 Å². The largest absolute Gasteiger partial charge is 0.342 e. The molecule has 0 saturated carbocycles. The Bertz CT molecular complexity index is 878. The van der Waals surface area contributed by atoms with Gasteiger partial charge in [0.2, 0.25) is 0 Å². The van der Waals surface area contributed by atoms with Crippen molar-refractivity contribution in [3.8, 4) is 0 Å². The third-order valence-corrected chi connectivity index (χ3v) is 7.38. The zero-order chi connectivity index (χ0) is 21.3. The monoisotopic (exact) mass is 412 g/mol. The third-order valence-electron chi connectivity index (χ3n) is 7.38. The fraction of sp³-hybridized carbons (Fsp3) is 0.640. The number of aromatic amines is 1. The van der Waals surface area contributed by atoms with Crippen molar-refractivity contribution in [1.82, 2.24) is 20.2 Å². The minimum absolute atomic E-state index is 0.216. The van der Waals surface area contributed by atoms with Crippen LogP contribution in [0.15, 0.2) is 29.8 Å². The molecule has 2 aliphatic rings. The molecule has 1 aromatic carbocycles. The third kappa shape index (κ3) is 4.94. The molecule has 5 heteroatoms. The Hall–Kier alpha value is -1.72. The van der Waals surface area contributed by atoms with Crippen LogP contribution in [-0.4, -0.2) is 47.6 Å². The fourth-order valence-corrected chi connectivity index (χ4v) is 5.39. The standard InChI is InChI=1S/C25H37FN4/c1-16(2)22-12-18(13-25-28-23-6-5-20(26)14-24(23)29-25)17(3)11-19(22)15-27-21-7-9-30(4)10-8-21/h5-6,11,14,16,18-19,21-22,27H,7-10,12-13,15H2,1-4H3,(H,28,29)/t18-,19-,22-/m0/s1. The van der Waals surface area contributed by atoms with Crippen LogP contribution in [-0.2, 0) is 6.42 Å². The molecule has 1 fully saturated rings. The summed E-state index contributed by atoms with van der Waals surface area (Å²) in [6, 6.07) is 5.44. The number of hydrogen-bond donors (Lipinski definition) is 2. The first-order valence-electron chi connectivity index (χ1n) is 11.6. The van der Waals surface area contributed by atoms with E-state index in [2.05, 4.69) is 49.1 Å². The van der Waals surface area contributed by atoms with E-state index in [1.807, 2.05) is 0 Å². The van der Waals surface area contributed by atoms with Crippen LogP contribution in [0.25, 0.3) is 11.0 Å². The van der Waals surface area contributed by atoms with Crippen LogP contribution in [0.5, 0.6) is 0 Å². The molecular weight excluding hydrogens is 375 g/mol. The van der Waals surface area contributed by atoms with Gasteiger partial charge in [-0.25, -0.2) is 9.37 Å². The van der Waals surface area contributed by atoms with E-state index in [-0.39, 0.29) is 5.82 Å². The van der Waals surface area contributed by atoms with E-state index >= 15 is 0 Å². The van der Waals surface area contributed by atoms with Crippen molar-refractivity contribution < 1.29 is 4.39 Å². The minimum Gasteiger partial charge on any atom is -0.342 e. The van der Waals surface area contributed by atoms with Crippen LogP contribution in [0.2, 0.25) is 0 Å². The van der Waals surface area contributed by atoms with Crippen molar-refractivity contribution in [2.75, 3.05) is 26.7 Å². The lowest BCUT2D eigenvalue weighted by atomic mass is 9.69. The Kier molecular flexibility index (Phi) is 6.59. The molecule has 4 nitrogen and oxygen atoms in total. The number of nitrogens with one attached hydrogen (secondary N) is 2. The molecule has 1 aliphatic carbocycles. The summed E-state index contributed by atoms with van der Waals surface area (Å²) < 4.78 is 13.5. The molecule has 2 aromatic rings. The van der Waals surface area contributed by atoms with Crippen molar-refractivity contribution in [3.05, 3.63) is 41.5 Å². The predicted molar refractivity (Wildman–Crippen MR) is 122 cm³/mol. The van der Waals surface area contributed by atoms with Crippen molar-refractivity contribution in [1.29, 1.82) is 0 Å². The number of imidazole rings is 1. The molecule has 4 rings (SSSR count). The highest BCUT2D eigenvalue weighted by atomic mass is 19.1. The smallest absolute Gasteiger partial charge is 0.125 e. The minimum atomic E-state index is -0.216. The van der Waals surface area contributed by atoms with Gasteiger partial charge in [0.1, 0.15) is 11.6 Å². The zero-order valence-corrected chi connectivity index (χ0v) is 18.9. The number of benzene rings is 1. The molecule has 164 valence electrons. The van der Waals surface area contributed by atoms with E-state index in [0.29, 0.717) is 29.7 Å². The zero-order valence-electron chi connectivity index (χ0n) is 18.9. The summed E-state index contributed by atoms with van der Waals surface area (Å²) in [6.45, 7) is 10.5. The van der Waals surface area contributed by atoms with Gasteiger partial charge >= 0.3 is 0 Å². The molecule has 30 heavy (non-hydrogen) atoms. The lowest BCUT2D eigenvalue weighted by Gasteiger charge is -2.38. The maximum atomic E-state index is 13.5. The van der Waals surface area contributed by atoms with Crippen LogP contribution < -0.4 is 5.32 Å². The van der Waals surface area contributed by atoms with Crippen molar-refractivity contribution >= 4 is 11.0 Å². The Balaban J connectivity index is 1.43. The summed E-state index contributed by atoms with van der Waals surface area (Å²) in [5.74, 6) is 3.20. The molecule has 0 bridgehead atoms. The molecule has 0 spiro atoms. The van der Waals surface area contributed by atoms with Gasteiger partial charge < -0.3 is 15.2 Å². The summed E-state index contributed by atoms with van der Waals surface area (Å²) in [5, 5.41) is 3.88. The van der Waals surface area contributed by atoms with Crippen molar-refractivity contribution in [3.63, 3.8) is 0 Å². The summed E-state index contributed by atoms with van der Waals surface area (Å²) in [7, 11) is 2.22. The van der Waals surface area contributed by atoms with E-state index in [0.717, 1.165) is 29.8 Å². The normalized spacial score (nSPS) is 26.5. The van der Waals surface area contributed by atoms with Gasteiger partial charge in [0, 0.05) is 19.0 Å². The van der Waals surface area contributed by atoms with Crippen LogP contribution in [0.1, 0.15) is 45.9 Å². The molecule has 1 saturated heterocycles. The van der Waals surface area contributed by atoms with Gasteiger partial charge in [-0.2, -0.15) is 0 Å². The van der Waals surface area contributed by atoms with Gasteiger partial charge in [-0.15, -0.1) is 0 Å². The Morgan fingerprint density at radius 3 is 2.77 bits per heavy atom. The van der Waals surface area contributed by atoms with Gasteiger partial charge in [-0.1, -0.05) is 25.5 Å². The van der Waals surface area contributed by atoms with Gasteiger partial charge in [-0.3, -0.25) is 0 Å². The van der Waals surface area contributed by atoms with E-state index in [1.165, 1.54) is 50.1 Å². The Morgan fingerprint density at radius 1 is 1.27 bits per heavy atom. The highest BCUT2D eigenvalue weighted by Crippen LogP contribution is 2.38. The molecule has 3 atom stereocenters. The number of nitrogens with zero attached hydrogens (tertiary/aromatic N) is 2. The molecule has 1 aromatic heterocycles. The number of piperidine rings is 1. The highest BCUT2D eigenvalue weighted by Gasteiger charge is 2.32. The first kappa shape index (κ1) is 21.5. The lowest BCUT2D eigenvalue weighted by Crippen LogP contribution is -2.44. The number of fused-ring (bicyclic) bond motifs is 1. The number of allylic oxidation sites excluding steroid dienone is 1. The predicted octanol–water partition coefficient (Wildman–Crippen LogP) is 4.78. The Labute approximate surface area is 180 Å². The van der Waals surface area contributed by atoms with Crippen LogP contribution >= 0.6 is 0 Å². The highest BCUT2D eigenvalue weighted by molar-refractivity contribution is 5.74. The van der Waals surface area contributed by atoms with E-state index in [1.54, 1.807) is 6.07 Å². The molecule has 0 amide bonds. The average molecular weight is 413 g/mol. The molecule has 0 radical (unpaired) electrons. The molecule has 0 unspecified atom stereocenters. The van der Waals surface area contributed by atoms with Crippen LogP contribution in [0, 0.1) is 29.5 Å². The number of H-pyrrole nitrogens is 1. The van der Waals surface area contributed by atoms with Crippen molar-refractivity contribution in [2.24, 2.45) is 23.7 Å². The fourth-order valence-electron chi connectivity index (χ4n) is 5.39. The number of aromatic nitrogens is 2. The van der Waals surface area contributed by atoms with E-state index in [4.69, 9.17) is 4.98 Å². The second kappa shape index (κ2) is 9.19. The molecule has 2 N–H and O–H groups in total. The molecule has 1 aliphatic heterocycles. The van der Waals surface area contributed by atoms with Gasteiger partial charge in [0.05, 0.1) is 11.0 Å². The van der Waals surface area contributed by atoms with Gasteiger partial charge in [0.25, 0.3) is 0 Å². The van der Waals surface area contributed by atoms with E-state index in [9.17, 15) is 4.39 Å².